The first-order valence-electron chi connectivity index (χ1n) is 10.1. The molecule has 134 valence electrons. The Kier molecular flexibility index (Phi) is 4.58. The van der Waals surface area contributed by atoms with Crippen molar-refractivity contribution in [3.63, 3.8) is 0 Å². The predicted octanol–water partition coefficient (Wildman–Crippen LogP) is 5.30. The van der Waals surface area contributed by atoms with Gasteiger partial charge >= 0.3 is 0 Å². The van der Waals surface area contributed by atoms with Crippen LogP contribution in [0.3, 0.4) is 0 Å². The van der Waals surface area contributed by atoms with E-state index in [4.69, 9.17) is 0 Å². The Bertz CT molecular complexity index is 742. The van der Waals surface area contributed by atoms with Gasteiger partial charge in [-0.3, -0.25) is 4.68 Å². The van der Waals surface area contributed by atoms with Gasteiger partial charge in [-0.25, -0.2) is 0 Å². The fourth-order valence-corrected chi connectivity index (χ4v) is 4.51. The summed E-state index contributed by atoms with van der Waals surface area (Å²) in [6, 6.07) is 5.73. The molecule has 1 saturated carbocycles. The summed E-state index contributed by atoms with van der Waals surface area (Å²) in [5.41, 5.74) is 7.35. The summed E-state index contributed by atoms with van der Waals surface area (Å²) in [5.74, 6) is 0.760. The number of fused-ring (bicyclic) bond motifs is 1. The molecule has 2 aromatic rings. The van der Waals surface area contributed by atoms with Crippen molar-refractivity contribution in [3.05, 3.63) is 35.7 Å². The van der Waals surface area contributed by atoms with E-state index in [1.807, 2.05) is 17.9 Å². The fraction of sp³-hybridized carbons (Fsp3) is 0.591. The van der Waals surface area contributed by atoms with Gasteiger partial charge in [0.15, 0.2) is 0 Å². The molecule has 2 heterocycles. The molecule has 1 unspecified atom stereocenters. The Morgan fingerprint density at radius 1 is 1.24 bits per heavy atom. The van der Waals surface area contributed by atoms with E-state index in [0.717, 1.165) is 5.92 Å². The quantitative estimate of drug-likeness (QED) is 0.713. The van der Waals surface area contributed by atoms with Crippen molar-refractivity contribution in [2.24, 2.45) is 7.05 Å². The second-order valence-corrected chi connectivity index (χ2v) is 7.89. The summed E-state index contributed by atoms with van der Waals surface area (Å²) < 4.78 is 1.92. The summed E-state index contributed by atoms with van der Waals surface area (Å²) in [4.78, 5) is 2.72. The van der Waals surface area contributed by atoms with Crippen LogP contribution in [0, 0.1) is 0 Å². The summed E-state index contributed by atoms with van der Waals surface area (Å²) in [7, 11) is 2.01. The topological polar surface area (TPSA) is 21.1 Å². The van der Waals surface area contributed by atoms with Crippen LogP contribution >= 0.6 is 0 Å². The van der Waals surface area contributed by atoms with Gasteiger partial charge in [-0.05, 0) is 73.3 Å². The van der Waals surface area contributed by atoms with Crippen molar-refractivity contribution in [1.82, 2.24) is 9.78 Å². The Morgan fingerprint density at radius 3 is 2.72 bits per heavy atom. The van der Waals surface area contributed by atoms with Crippen LogP contribution in [0.4, 0.5) is 5.69 Å². The lowest BCUT2D eigenvalue weighted by molar-refractivity contribution is 0.509. The Labute approximate surface area is 152 Å². The molecule has 2 aliphatic rings. The zero-order valence-electron chi connectivity index (χ0n) is 16.0. The number of rotatable bonds is 6. The summed E-state index contributed by atoms with van der Waals surface area (Å²) in [6.45, 7) is 5.89. The number of benzene rings is 1. The lowest BCUT2D eigenvalue weighted by Gasteiger charge is -2.38. The third-order valence-corrected chi connectivity index (χ3v) is 5.97. The van der Waals surface area contributed by atoms with E-state index in [9.17, 15) is 0 Å². The SMILES string of the molecule is CCCC(CC)N1CCCc2cc(-c3cnn(C)c3)c(C3CC3)cc21. The number of hydrogen-bond acceptors (Lipinski definition) is 2. The largest absolute Gasteiger partial charge is 0.368 e. The van der Waals surface area contributed by atoms with Crippen LogP contribution in [-0.2, 0) is 13.5 Å². The standard InChI is InChI=1S/C22H31N3/c1-4-7-19(5-2)25-11-6-8-17-12-20(18-14-23-24(3)15-18)21(13-22(17)25)16-9-10-16/h12-16,19H,4-11H2,1-3H3. The highest BCUT2D eigenvalue weighted by atomic mass is 15.2. The minimum absolute atomic E-state index is 0.695. The van der Waals surface area contributed by atoms with Gasteiger partial charge in [-0.2, -0.15) is 5.10 Å². The molecule has 0 amide bonds. The minimum atomic E-state index is 0.695. The third-order valence-electron chi connectivity index (χ3n) is 5.97. The normalized spacial score (nSPS) is 18.3. The average molecular weight is 338 g/mol. The number of anilines is 1. The van der Waals surface area contributed by atoms with Gasteiger partial charge in [0.25, 0.3) is 0 Å². The molecule has 3 nitrogen and oxygen atoms in total. The first kappa shape index (κ1) is 16.7. The van der Waals surface area contributed by atoms with E-state index in [0.29, 0.717) is 6.04 Å². The second kappa shape index (κ2) is 6.86. The molecule has 0 radical (unpaired) electrons. The highest BCUT2D eigenvalue weighted by molar-refractivity contribution is 5.74. The molecule has 0 spiro atoms. The Morgan fingerprint density at radius 2 is 2.08 bits per heavy atom. The van der Waals surface area contributed by atoms with Gasteiger partial charge in [0.1, 0.15) is 0 Å². The number of aromatic nitrogens is 2. The first-order valence-corrected chi connectivity index (χ1v) is 10.1. The summed E-state index contributed by atoms with van der Waals surface area (Å²) in [6.07, 6.45) is 13.2. The molecule has 1 aliphatic heterocycles. The maximum absolute atomic E-state index is 4.41. The van der Waals surface area contributed by atoms with Crippen LogP contribution in [0.15, 0.2) is 24.5 Å². The number of nitrogens with zero attached hydrogens (tertiary/aromatic N) is 3. The molecule has 0 N–H and O–H groups in total. The van der Waals surface area contributed by atoms with Crippen LogP contribution in [0.2, 0.25) is 0 Å². The molecule has 3 heteroatoms. The van der Waals surface area contributed by atoms with E-state index in [1.165, 1.54) is 68.3 Å². The van der Waals surface area contributed by atoms with Gasteiger partial charge in [-0.1, -0.05) is 20.3 Å². The molecule has 25 heavy (non-hydrogen) atoms. The zero-order valence-corrected chi connectivity index (χ0v) is 16.0. The molecule has 1 aromatic heterocycles. The molecule has 1 aromatic carbocycles. The van der Waals surface area contributed by atoms with Gasteiger partial charge in [0, 0.05) is 37.1 Å². The van der Waals surface area contributed by atoms with Crippen molar-refractivity contribution < 1.29 is 0 Å². The monoisotopic (exact) mass is 337 g/mol. The predicted molar refractivity (Wildman–Crippen MR) is 105 cm³/mol. The third kappa shape index (κ3) is 3.21. The molecular weight excluding hydrogens is 306 g/mol. The fourth-order valence-electron chi connectivity index (χ4n) is 4.51. The van der Waals surface area contributed by atoms with Crippen molar-refractivity contribution >= 4 is 5.69 Å². The van der Waals surface area contributed by atoms with Crippen LogP contribution in [0.25, 0.3) is 11.1 Å². The number of hydrogen-bond donors (Lipinski definition) is 0. The molecule has 1 fully saturated rings. The van der Waals surface area contributed by atoms with Crippen molar-refractivity contribution in [2.75, 3.05) is 11.4 Å². The number of aryl methyl sites for hydroxylation is 2. The van der Waals surface area contributed by atoms with Gasteiger partial charge in [0.2, 0.25) is 0 Å². The van der Waals surface area contributed by atoms with E-state index < -0.39 is 0 Å². The maximum Gasteiger partial charge on any atom is 0.0568 e. The van der Waals surface area contributed by atoms with Gasteiger partial charge in [-0.15, -0.1) is 0 Å². The van der Waals surface area contributed by atoms with Gasteiger partial charge in [0.05, 0.1) is 6.20 Å². The van der Waals surface area contributed by atoms with E-state index in [2.05, 4.69) is 42.2 Å². The zero-order chi connectivity index (χ0) is 17.4. The smallest absolute Gasteiger partial charge is 0.0568 e. The van der Waals surface area contributed by atoms with E-state index in [1.54, 1.807) is 11.1 Å². The van der Waals surface area contributed by atoms with Crippen LogP contribution in [0.1, 0.15) is 69.4 Å². The van der Waals surface area contributed by atoms with Crippen LogP contribution in [-0.4, -0.2) is 22.4 Å². The van der Waals surface area contributed by atoms with E-state index in [-0.39, 0.29) is 0 Å². The second-order valence-electron chi connectivity index (χ2n) is 7.89. The van der Waals surface area contributed by atoms with Crippen molar-refractivity contribution in [2.45, 2.75) is 70.8 Å². The highest BCUT2D eigenvalue weighted by Crippen LogP contribution is 2.47. The lowest BCUT2D eigenvalue weighted by Crippen LogP contribution is -2.38. The van der Waals surface area contributed by atoms with Gasteiger partial charge < -0.3 is 4.90 Å². The van der Waals surface area contributed by atoms with Crippen molar-refractivity contribution in [3.8, 4) is 11.1 Å². The minimum Gasteiger partial charge on any atom is -0.368 e. The first-order chi connectivity index (χ1) is 12.2. The Balaban J connectivity index is 1.78. The van der Waals surface area contributed by atoms with Crippen LogP contribution < -0.4 is 4.90 Å². The molecule has 0 saturated heterocycles. The average Bonchev–Trinajstić information content (AvgIpc) is 3.39. The summed E-state index contributed by atoms with van der Waals surface area (Å²) in [5, 5.41) is 4.41. The molecular formula is C22H31N3. The van der Waals surface area contributed by atoms with Crippen LogP contribution in [0.5, 0.6) is 0 Å². The molecule has 4 rings (SSSR count). The molecule has 0 bridgehead atoms. The Hall–Kier alpha value is -1.77. The summed E-state index contributed by atoms with van der Waals surface area (Å²) >= 11 is 0. The van der Waals surface area contributed by atoms with Crippen molar-refractivity contribution in [1.29, 1.82) is 0 Å². The maximum atomic E-state index is 4.41. The highest BCUT2D eigenvalue weighted by Gasteiger charge is 2.30. The molecule has 1 atom stereocenters. The lowest BCUT2D eigenvalue weighted by atomic mass is 9.90. The van der Waals surface area contributed by atoms with E-state index >= 15 is 0 Å². The molecule has 1 aliphatic carbocycles.